The van der Waals surface area contributed by atoms with Gasteiger partial charge in [0.1, 0.15) is 3.70 Å². The fourth-order valence-electron chi connectivity index (χ4n) is 2.51. The summed E-state index contributed by atoms with van der Waals surface area (Å²) in [6.07, 6.45) is 7.49. The van der Waals surface area contributed by atoms with Crippen LogP contribution in [0.15, 0.2) is 67.3 Å². The van der Waals surface area contributed by atoms with E-state index in [0.29, 0.717) is 6.54 Å². The molecule has 6 heteroatoms. The van der Waals surface area contributed by atoms with Crippen LogP contribution in [-0.2, 0) is 6.54 Å². The standard InChI is InChI=1S/C18H14IN5/c19-16-11-22-18-17(21-10-13-5-4-8-20-9-13)23-15(12-24(16)18)14-6-2-1-3-7-14/h1-9,11-12H,10H2,(H,21,23). The van der Waals surface area contributed by atoms with Crippen molar-refractivity contribution in [1.82, 2.24) is 19.4 Å². The highest BCUT2D eigenvalue weighted by molar-refractivity contribution is 14.1. The molecular weight excluding hydrogens is 413 g/mol. The van der Waals surface area contributed by atoms with Crippen molar-refractivity contribution in [3.05, 3.63) is 76.5 Å². The second-order valence-corrected chi connectivity index (χ2v) is 6.44. The summed E-state index contributed by atoms with van der Waals surface area (Å²) in [6, 6.07) is 14.1. The zero-order valence-corrected chi connectivity index (χ0v) is 14.9. The van der Waals surface area contributed by atoms with E-state index < -0.39 is 0 Å². The van der Waals surface area contributed by atoms with E-state index in [1.807, 2.05) is 48.9 Å². The van der Waals surface area contributed by atoms with Crippen molar-refractivity contribution in [2.45, 2.75) is 6.54 Å². The van der Waals surface area contributed by atoms with E-state index in [-0.39, 0.29) is 0 Å². The Morgan fingerprint density at radius 2 is 1.92 bits per heavy atom. The van der Waals surface area contributed by atoms with Crippen LogP contribution in [0.4, 0.5) is 5.82 Å². The van der Waals surface area contributed by atoms with Gasteiger partial charge < -0.3 is 5.32 Å². The second-order valence-electron chi connectivity index (χ2n) is 5.33. The van der Waals surface area contributed by atoms with Crippen molar-refractivity contribution in [3.63, 3.8) is 0 Å². The Bertz CT molecular complexity index is 967. The summed E-state index contributed by atoms with van der Waals surface area (Å²) in [7, 11) is 0. The summed E-state index contributed by atoms with van der Waals surface area (Å²) in [4.78, 5) is 13.4. The zero-order chi connectivity index (χ0) is 16.4. The largest absolute Gasteiger partial charge is 0.363 e. The number of rotatable bonds is 4. The highest BCUT2D eigenvalue weighted by Gasteiger charge is 2.11. The Kier molecular flexibility index (Phi) is 4.12. The van der Waals surface area contributed by atoms with Gasteiger partial charge in [0.25, 0.3) is 0 Å². The normalized spacial score (nSPS) is 10.9. The van der Waals surface area contributed by atoms with E-state index in [9.17, 15) is 0 Å². The molecule has 1 N–H and O–H groups in total. The Morgan fingerprint density at radius 3 is 2.71 bits per heavy atom. The summed E-state index contributed by atoms with van der Waals surface area (Å²) >= 11 is 2.28. The quantitative estimate of drug-likeness (QED) is 0.501. The second kappa shape index (κ2) is 6.56. The molecule has 4 rings (SSSR count). The van der Waals surface area contributed by atoms with Gasteiger partial charge in [-0.05, 0) is 34.2 Å². The predicted octanol–water partition coefficient (Wildman–Crippen LogP) is 4.01. The van der Waals surface area contributed by atoms with Crippen molar-refractivity contribution >= 4 is 34.1 Å². The van der Waals surface area contributed by atoms with Crippen LogP contribution in [-0.4, -0.2) is 19.4 Å². The SMILES string of the molecule is Ic1cnc2c(NCc3cccnc3)nc(-c3ccccc3)cn12. The number of halogens is 1. The van der Waals surface area contributed by atoms with E-state index in [0.717, 1.165) is 32.0 Å². The van der Waals surface area contributed by atoms with Crippen LogP contribution in [0, 0.1) is 3.70 Å². The minimum absolute atomic E-state index is 0.651. The monoisotopic (exact) mass is 427 g/mol. The van der Waals surface area contributed by atoms with Crippen molar-refractivity contribution in [1.29, 1.82) is 0 Å². The lowest BCUT2D eigenvalue weighted by molar-refractivity contribution is 1.05. The van der Waals surface area contributed by atoms with E-state index in [4.69, 9.17) is 4.98 Å². The molecule has 0 radical (unpaired) electrons. The molecule has 0 spiro atoms. The number of nitrogens with zero attached hydrogens (tertiary/aromatic N) is 4. The lowest BCUT2D eigenvalue weighted by Gasteiger charge is -2.10. The molecule has 0 saturated heterocycles. The summed E-state index contributed by atoms with van der Waals surface area (Å²) in [5.74, 6) is 0.767. The number of benzene rings is 1. The number of nitrogens with one attached hydrogen (secondary N) is 1. The highest BCUT2D eigenvalue weighted by Crippen LogP contribution is 2.24. The lowest BCUT2D eigenvalue weighted by Crippen LogP contribution is -2.05. The van der Waals surface area contributed by atoms with Crippen LogP contribution in [0.3, 0.4) is 0 Å². The minimum Gasteiger partial charge on any atom is -0.363 e. The van der Waals surface area contributed by atoms with Gasteiger partial charge in [0, 0.05) is 30.7 Å². The molecule has 4 aromatic rings. The maximum absolute atomic E-state index is 4.78. The topological polar surface area (TPSA) is 55.1 Å². The Balaban J connectivity index is 1.76. The highest BCUT2D eigenvalue weighted by atomic mass is 127. The van der Waals surface area contributed by atoms with Gasteiger partial charge >= 0.3 is 0 Å². The number of hydrogen-bond donors (Lipinski definition) is 1. The molecule has 0 saturated carbocycles. The van der Waals surface area contributed by atoms with Gasteiger partial charge in [0.15, 0.2) is 11.5 Å². The molecule has 0 fully saturated rings. The first-order chi connectivity index (χ1) is 11.8. The Hall–Kier alpha value is -2.48. The number of hydrogen-bond acceptors (Lipinski definition) is 4. The van der Waals surface area contributed by atoms with Crippen LogP contribution < -0.4 is 5.32 Å². The van der Waals surface area contributed by atoms with Crippen LogP contribution >= 0.6 is 22.6 Å². The molecule has 0 atom stereocenters. The van der Waals surface area contributed by atoms with E-state index in [1.54, 1.807) is 6.20 Å². The fourth-order valence-corrected chi connectivity index (χ4v) is 3.02. The maximum atomic E-state index is 4.78. The minimum atomic E-state index is 0.651. The lowest BCUT2D eigenvalue weighted by atomic mass is 10.2. The Labute approximate surface area is 152 Å². The number of aromatic nitrogens is 4. The van der Waals surface area contributed by atoms with E-state index in [2.05, 4.69) is 54.4 Å². The van der Waals surface area contributed by atoms with Gasteiger partial charge in [0.05, 0.1) is 11.9 Å². The van der Waals surface area contributed by atoms with Gasteiger partial charge in [0.2, 0.25) is 0 Å². The van der Waals surface area contributed by atoms with Crippen LogP contribution in [0.1, 0.15) is 5.56 Å². The molecule has 3 heterocycles. The molecule has 0 unspecified atom stereocenters. The van der Waals surface area contributed by atoms with Gasteiger partial charge in [-0.15, -0.1) is 0 Å². The average Bonchev–Trinajstić information content (AvgIpc) is 3.02. The van der Waals surface area contributed by atoms with Gasteiger partial charge in [-0.3, -0.25) is 9.38 Å². The van der Waals surface area contributed by atoms with Crippen molar-refractivity contribution in [3.8, 4) is 11.3 Å². The number of fused-ring (bicyclic) bond motifs is 1. The average molecular weight is 427 g/mol. The molecule has 24 heavy (non-hydrogen) atoms. The molecule has 5 nitrogen and oxygen atoms in total. The van der Waals surface area contributed by atoms with E-state index >= 15 is 0 Å². The fraction of sp³-hybridized carbons (Fsp3) is 0.0556. The third-order valence-corrected chi connectivity index (χ3v) is 4.50. The van der Waals surface area contributed by atoms with Gasteiger partial charge in [-0.1, -0.05) is 36.4 Å². The maximum Gasteiger partial charge on any atom is 0.180 e. The van der Waals surface area contributed by atoms with Crippen molar-refractivity contribution < 1.29 is 0 Å². The molecular formula is C18H14IN5. The molecule has 3 aromatic heterocycles. The third kappa shape index (κ3) is 2.96. The molecule has 0 aliphatic heterocycles. The zero-order valence-electron chi connectivity index (χ0n) is 12.7. The summed E-state index contributed by atoms with van der Waals surface area (Å²) in [5.41, 5.74) is 3.91. The first kappa shape index (κ1) is 15.1. The van der Waals surface area contributed by atoms with Crippen LogP contribution in [0.5, 0.6) is 0 Å². The molecule has 118 valence electrons. The summed E-state index contributed by atoms with van der Waals surface area (Å²) < 4.78 is 3.10. The van der Waals surface area contributed by atoms with Crippen molar-refractivity contribution in [2.75, 3.05) is 5.32 Å². The smallest absolute Gasteiger partial charge is 0.180 e. The number of anilines is 1. The summed E-state index contributed by atoms with van der Waals surface area (Å²) in [6.45, 7) is 0.651. The molecule has 0 bridgehead atoms. The number of imidazole rings is 1. The molecule has 1 aromatic carbocycles. The third-order valence-electron chi connectivity index (χ3n) is 3.70. The van der Waals surface area contributed by atoms with Gasteiger partial charge in [-0.25, -0.2) is 9.97 Å². The van der Waals surface area contributed by atoms with Crippen LogP contribution in [0.25, 0.3) is 16.9 Å². The van der Waals surface area contributed by atoms with E-state index in [1.165, 1.54) is 0 Å². The Morgan fingerprint density at radius 1 is 1.04 bits per heavy atom. The molecule has 0 aliphatic rings. The molecule has 0 aliphatic carbocycles. The first-order valence-corrected chi connectivity index (χ1v) is 8.61. The first-order valence-electron chi connectivity index (χ1n) is 7.53. The number of pyridine rings is 1. The molecule has 0 amide bonds. The predicted molar refractivity (Wildman–Crippen MR) is 103 cm³/mol. The van der Waals surface area contributed by atoms with Crippen LogP contribution in [0.2, 0.25) is 0 Å². The van der Waals surface area contributed by atoms with Crippen molar-refractivity contribution in [2.24, 2.45) is 0 Å². The van der Waals surface area contributed by atoms with Gasteiger partial charge in [-0.2, -0.15) is 0 Å². The summed E-state index contributed by atoms with van der Waals surface area (Å²) in [5, 5.41) is 3.39.